The number of aryl methyl sites for hydroxylation is 1. The Morgan fingerprint density at radius 1 is 1.12 bits per heavy atom. The number of nitrogens with zero attached hydrogens (tertiary/aromatic N) is 3. The molecule has 1 N–H and O–H groups in total. The van der Waals surface area contributed by atoms with Crippen molar-refractivity contribution in [2.24, 2.45) is 0 Å². The summed E-state index contributed by atoms with van der Waals surface area (Å²) in [6.07, 6.45) is 6.57. The summed E-state index contributed by atoms with van der Waals surface area (Å²) in [7, 11) is -3.62. The fourth-order valence-corrected chi connectivity index (χ4v) is 4.88. The van der Waals surface area contributed by atoms with Gasteiger partial charge in [-0.1, -0.05) is 32.0 Å². The first-order valence-electron chi connectivity index (χ1n) is 10.5. The maximum atomic E-state index is 12.9. The Bertz CT molecular complexity index is 1230. The molecule has 3 aromatic rings. The quantitative estimate of drug-likeness (QED) is 0.520. The van der Waals surface area contributed by atoms with Crippen LogP contribution in [-0.2, 0) is 14.8 Å². The molecule has 1 heterocycles. The lowest BCUT2D eigenvalue weighted by atomic mass is 10.1. The summed E-state index contributed by atoms with van der Waals surface area (Å²) < 4.78 is 29.0. The van der Waals surface area contributed by atoms with E-state index in [1.54, 1.807) is 36.9 Å². The number of benzene rings is 2. The predicted octanol–water partition coefficient (Wildman–Crippen LogP) is 4.17. The molecule has 0 aliphatic rings. The lowest BCUT2D eigenvalue weighted by Crippen LogP contribution is -2.30. The van der Waals surface area contributed by atoms with Crippen LogP contribution in [0.1, 0.15) is 30.5 Å². The molecule has 0 atom stereocenters. The van der Waals surface area contributed by atoms with Gasteiger partial charge in [-0.2, -0.15) is 9.40 Å². The lowest BCUT2D eigenvalue weighted by Gasteiger charge is -2.20. The van der Waals surface area contributed by atoms with E-state index in [2.05, 4.69) is 10.4 Å². The second kappa shape index (κ2) is 9.93. The Morgan fingerprint density at radius 2 is 1.81 bits per heavy atom. The summed E-state index contributed by atoms with van der Waals surface area (Å²) in [5, 5.41) is 7.12. The maximum absolute atomic E-state index is 12.9. The standard InChI is InChI=1S/C24H28N4O3S/c1-5-27(6-2)32(30,31)22-14-18(3)19(4)23(15-22)26-24(29)13-12-20-16-25-28(17-20)21-10-8-7-9-11-21/h7-17H,5-6H2,1-4H3,(H,26,29)/b13-12+. The summed E-state index contributed by atoms with van der Waals surface area (Å²) in [6.45, 7) is 8.05. The minimum Gasteiger partial charge on any atom is -0.322 e. The van der Waals surface area contributed by atoms with E-state index in [0.717, 1.165) is 22.4 Å². The molecule has 0 unspecified atom stereocenters. The number of nitrogens with one attached hydrogen (secondary N) is 1. The number of carbonyl (C=O) groups is 1. The zero-order valence-electron chi connectivity index (χ0n) is 18.7. The van der Waals surface area contributed by atoms with Gasteiger partial charge in [0.1, 0.15) is 0 Å². The van der Waals surface area contributed by atoms with Crippen molar-refractivity contribution in [1.82, 2.24) is 14.1 Å². The van der Waals surface area contributed by atoms with Gasteiger partial charge in [0.15, 0.2) is 0 Å². The van der Waals surface area contributed by atoms with Crippen LogP contribution in [0.5, 0.6) is 0 Å². The first-order valence-corrected chi connectivity index (χ1v) is 11.9. The fraction of sp³-hybridized carbons (Fsp3) is 0.250. The smallest absolute Gasteiger partial charge is 0.248 e. The molecule has 8 heteroatoms. The summed E-state index contributed by atoms with van der Waals surface area (Å²) in [5.41, 5.74) is 3.79. The third-order valence-corrected chi connectivity index (χ3v) is 7.32. The number of amides is 1. The van der Waals surface area contributed by atoms with Crippen molar-refractivity contribution in [2.75, 3.05) is 18.4 Å². The van der Waals surface area contributed by atoms with Crippen molar-refractivity contribution in [3.05, 3.63) is 77.6 Å². The van der Waals surface area contributed by atoms with E-state index in [9.17, 15) is 13.2 Å². The van der Waals surface area contributed by atoms with Crippen LogP contribution in [0.3, 0.4) is 0 Å². The molecule has 1 aromatic heterocycles. The van der Waals surface area contributed by atoms with Crippen LogP contribution in [0.2, 0.25) is 0 Å². The highest BCUT2D eigenvalue weighted by molar-refractivity contribution is 7.89. The van der Waals surface area contributed by atoms with E-state index >= 15 is 0 Å². The molecule has 1 amide bonds. The molecule has 0 bridgehead atoms. The number of sulfonamides is 1. The highest BCUT2D eigenvalue weighted by Gasteiger charge is 2.23. The predicted molar refractivity (Wildman–Crippen MR) is 127 cm³/mol. The number of aromatic nitrogens is 2. The van der Waals surface area contributed by atoms with Gasteiger partial charge in [0.2, 0.25) is 15.9 Å². The molecule has 0 fully saturated rings. The molecule has 0 saturated carbocycles. The third kappa shape index (κ3) is 5.15. The molecular formula is C24H28N4O3S. The monoisotopic (exact) mass is 452 g/mol. The minimum absolute atomic E-state index is 0.174. The van der Waals surface area contributed by atoms with Crippen LogP contribution < -0.4 is 5.32 Å². The number of hydrogen-bond donors (Lipinski definition) is 1. The molecule has 0 saturated heterocycles. The Morgan fingerprint density at radius 3 is 2.47 bits per heavy atom. The van der Waals surface area contributed by atoms with Gasteiger partial charge in [0.05, 0.1) is 16.8 Å². The Labute approximate surface area is 189 Å². The average Bonchev–Trinajstić information content (AvgIpc) is 3.25. The van der Waals surface area contributed by atoms with E-state index in [1.807, 2.05) is 50.4 Å². The highest BCUT2D eigenvalue weighted by Crippen LogP contribution is 2.26. The van der Waals surface area contributed by atoms with E-state index in [1.165, 1.54) is 16.4 Å². The average molecular weight is 453 g/mol. The van der Waals surface area contributed by atoms with Crippen molar-refractivity contribution in [3.63, 3.8) is 0 Å². The maximum Gasteiger partial charge on any atom is 0.248 e. The van der Waals surface area contributed by atoms with Gasteiger partial charge < -0.3 is 5.32 Å². The molecule has 32 heavy (non-hydrogen) atoms. The van der Waals surface area contributed by atoms with E-state index < -0.39 is 10.0 Å². The number of rotatable bonds is 8. The Kier molecular flexibility index (Phi) is 7.27. The number of hydrogen-bond acceptors (Lipinski definition) is 4. The van der Waals surface area contributed by atoms with E-state index in [0.29, 0.717) is 18.8 Å². The van der Waals surface area contributed by atoms with Gasteiger partial charge in [-0.3, -0.25) is 4.79 Å². The van der Waals surface area contributed by atoms with Crippen LogP contribution in [0.25, 0.3) is 11.8 Å². The van der Waals surface area contributed by atoms with E-state index in [-0.39, 0.29) is 10.8 Å². The molecule has 0 aliphatic carbocycles. The van der Waals surface area contributed by atoms with Crippen molar-refractivity contribution in [3.8, 4) is 5.69 Å². The van der Waals surface area contributed by atoms with Crippen LogP contribution in [0, 0.1) is 13.8 Å². The van der Waals surface area contributed by atoms with Crippen LogP contribution in [-0.4, -0.2) is 41.5 Å². The van der Waals surface area contributed by atoms with Gasteiger partial charge >= 0.3 is 0 Å². The second-order valence-electron chi connectivity index (χ2n) is 7.38. The van der Waals surface area contributed by atoms with Crippen LogP contribution in [0.15, 0.2) is 65.8 Å². The molecule has 0 radical (unpaired) electrons. The van der Waals surface area contributed by atoms with Crippen LogP contribution in [0.4, 0.5) is 5.69 Å². The SMILES string of the molecule is CCN(CC)S(=O)(=O)c1cc(C)c(C)c(NC(=O)/C=C/c2cnn(-c3ccccc3)c2)c1. The van der Waals surface area contributed by atoms with Gasteiger partial charge in [0, 0.05) is 36.6 Å². The van der Waals surface area contributed by atoms with Crippen molar-refractivity contribution < 1.29 is 13.2 Å². The highest BCUT2D eigenvalue weighted by atomic mass is 32.2. The largest absolute Gasteiger partial charge is 0.322 e. The second-order valence-corrected chi connectivity index (χ2v) is 9.32. The first-order chi connectivity index (χ1) is 15.3. The fourth-order valence-electron chi connectivity index (χ4n) is 3.31. The molecule has 0 spiro atoms. The summed E-state index contributed by atoms with van der Waals surface area (Å²) in [5.74, 6) is -0.350. The number of para-hydroxylation sites is 1. The number of anilines is 1. The molecule has 7 nitrogen and oxygen atoms in total. The van der Waals surface area contributed by atoms with Crippen molar-refractivity contribution in [2.45, 2.75) is 32.6 Å². The van der Waals surface area contributed by atoms with Gasteiger partial charge in [0.25, 0.3) is 0 Å². The van der Waals surface area contributed by atoms with Gasteiger partial charge in [-0.15, -0.1) is 0 Å². The summed E-state index contributed by atoms with van der Waals surface area (Å²) in [6, 6.07) is 12.8. The molecule has 0 aliphatic heterocycles. The normalized spacial score (nSPS) is 11.9. The Balaban J connectivity index is 1.79. The molecule has 168 valence electrons. The Hall–Kier alpha value is -3.23. The third-order valence-electron chi connectivity index (χ3n) is 5.29. The van der Waals surface area contributed by atoms with Gasteiger partial charge in [-0.25, -0.2) is 13.1 Å². The lowest BCUT2D eigenvalue weighted by molar-refractivity contribution is -0.111. The van der Waals surface area contributed by atoms with Gasteiger partial charge in [-0.05, 0) is 55.3 Å². The van der Waals surface area contributed by atoms with Crippen molar-refractivity contribution >= 4 is 27.7 Å². The topological polar surface area (TPSA) is 84.3 Å². The molecule has 3 rings (SSSR count). The van der Waals surface area contributed by atoms with Crippen molar-refractivity contribution in [1.29, 1.82) is 0 Å². The minimum atomic E-state index is -3.62. The van der Waals surface area contributed by atoms with Crippen LogP contribution >= 0.6 is 0 Å². The zero-order chi connectivity index (χ0) is 23.3. The zero-order valence-corrected chi connectivity index (χ0v) is 19.6. The van der Waals surface area contributed by atoms with E-state index in [4.69, 9.17) is 0 Å². The summed E-state index contributed by atoms with van der Waals surface area (Å²) >= 11 is 0. The first kappa shape index (κ1) is 23.4. The summed E-state index contributed by atoms with van der Waals surface area (Å²) in [4.78, 5) is 12.7. The molecular weight excluding hydrogens is 424 g/mol. The number of carbonyl (C=O) groups excluding carboxylic acids is 1. The molecule has 2 aromatic carbocycles.